The molecule has 2 aromatic heterocycles. The minimum absolute atomic E-state index is 0.272. The minimum Gasteiger partial charge on any atom is -0.338 e. The lowest BCUT2D eigenvalue weighted by molar-refractivity contribution is 0.103. The molecule has 0 unspecified atom stereocenters. The normalized spacial score (nSPS) is 14.4. The molecule has 1 amide bonds. The van der Waals surface area contributed by atoms with Gasteiger partial charge in [-0.05, 0) is 39.6 Å². The van der Waals surface area contributed by atoms with Crippen LogP contribution in [0.4, 0.5) is 22.7 Å². The van der Waals surface area contributed by atoms with Crippen molar-refractivity contribution in [1.82, 2.24) is 29.7 Å². The highest BCUT2D eigenvalue weighted by atomic mass is 35.5. The number of aromatic nitrogens is 4. The molecule has 0 spiro atoms. The maximum Gasteiger partial charge on any atom is 0.267 e. The molecule has 1 aliphatic heterocycles. The number of carbonyl (C=O) groups excluding carboxylic acids is 1. The van der Waals surface area contributed by atoms with Gasteiger partial charge in [0, 0.05) is 39.3 Å². The second-order valence-corrected chi connectivity index (χ2v) is 10.1. The first-order valence-electron chi connectivity index (χ1n) is 11.4. The smallest absolute Gasteiger partial charge is 0.267 e. The van der Waals surface area contributed by atoms with Crippen molar-refractivity contribution in [1.29, 1.82) is 0 Å². The van der Waals surface area contributed by atoms with Crippen molar-refractivity contribution >= 4 is 51.6 Å². The SMILES string of the molecule is Cc1nc(Nc2ncc(C(=O)Nc3c(C)cccc3Cl)s2)nc(N2CCN(CCN(C)C)CC2)n1. The first-order valence-corrected chi connectivity index (χ1v) is 12.6. The molecule has 0 aliphatic carbocycles. The number of nitrogens with one attached hydrogen (secondary N) is 2. The lowest BCUT2D eigenvalue weighted by Crippen LogP contribution is -2.48. The lowest BCUT2D eigenvalue weighted by Gasteiger charge is -2.35. The summed E-state index contributed by atoms with van der Waals surface area (Å²) in [4.78, 5) is 37.9. The van der Waals surface area contributed by atoms with E-state index in [1.807, 2.05) is 26.0 Å². The Bertz CT molecular complexity index is 1160. The van der Waals surface area contributed by atoms with E-state index in [0.29, 0.717) is 38.4 Å². The molecule has 0 bridgehead atoms. The van der Waals surface area contributed by atoms with Crippen molar-refractivity contribution < 1.29 is 4.79 Å². The van der Waals surface area contributed by atoms with Crippen molar-refractivity contribution in [3.63, 3.8) is 0 Å². The van der Waals surface area contributed by atoms with Crippen LogP contribution in [0.3, 0.4) is 0 Å². The third-order valence-electron chi connectivity index (χ3n) is 5.66. The van der Waals surface area contributed by atoms with E-state index < -0.39 is 0 Å². The quantitative estimate of drug-likeness (QED) is 0.467. The number of halogens is 1. The van der Waals surface area contributed by atoms with Crippen LogP contribution in [0.1, 0.15) is 21.1 Å². The largest absolute Gasteiger partial charge is 0.338 e. The van der Waals surface area contributed by atoms with Crippen LogP contribution in [0, 0.1) is 13.8 Å². The molecule has 0 saturated carbocycles. The van der Waals surface area contributed by atoms with Crippen LogP contribution in [-0.4, -0.2) is 89.0 Å². The Labute approximate surface area is 214 Å². The number of benzene rings is 1. The number of hydrogen-bond donors (Lipinski definition) is 2. The molecule has 4 rings (SSSR count). The van der Waals surface area contributed by atoms with Gasteiger partial charge in [-0.1, -0.05) is 35.1 Å². The number of likely N-dealkylation sites (N-methyl/N-ethyl adjacent to an activating group) is 1. The summed E-state index contributed by atoms with van der Waals surface area (Å²) in [5, 5.41) is 7.01. The fourth-order valence-electron chi connectivity index (χ4n) is 3.68. The van der Waals surface area contributed by atoms with Gasteiger partial charge in [0.1, 0.15) is 10.7 Å². The zero-order valence-electron chi connectivity index (χ0n) is 20.4. The van der Waals surface area contributed by atoms with E-state index in [1.54, 1.807) is 6.07 Å². The molecule has 1 saturated heterocycles. The van der Waals surface area contributed by atoms with Crippen molar-refractivity contribution in [2.45, 2.75) is 13.8 Å². The van der Waals surface area contributed by atoms with Gasteiger partial charge < -0.3 is 15.1 Å². The molecule has 1 fully saturated rings. The number of anilines is 4. The van der Waals surface area contributed by atoms with Crippen LogP contribution in [-0.2, 0) is 0 Å². The van der Waals surface area contributed by atoms with Gasteiger partial charge in [0.05, 0.1) is 16.9 Å². The van der Waals surface area contributed by atoms with Crippen LogP contribution in [0.25, 0.3) is 0 Å². The Morgan fingerprint density at radius 3 is 2.63 bits per heavy atom. The van der Waals surface area contributed by atoms with Crippen LogP contribution >= 0.6 is 22.9 Å². The average molecular weight is 516 g/mol. The molecule has 3 heterocycles. The van der Waals surface area contributed by atoms with E-state index in [9.17, 15) is 4.79 Å². The lowest BCUT2D eigenvalue weighted by atomic mass is 10.2. The standard InChI is InChI=1S/C23H30ClN9OS/c1-15-6-5-7-17(24)19(15)28-20(34)18-14-25-23(35-18)30-21-26-16(2)27-22(29-21)33-12-10-32(11-13-33)9-8-31(3)4/h5-7,14H,8-13H2,1-4H3,(H,28,34)(H,25,26,27,29,30). The van der Waals surface area contributed by atoms with Crippen LogP contribution in [0.5, 0.6) is 0 Å². The predicted molar refractivity (Wildman–Crippen MR) is 141 cm³/mol. The third kappa shape index (κ3) is 6.63. The first-order chi connectivity index (χ1) is 16.8. The second kappa shape index (κ2) is 11.3. The summed E-state index contributed by atoms with van der Waals surface area (Å²) in [6.45, 7) is 9.50. The first kappa shape index (κ1) is 25.2. The Morgan fingerprint density at radius 1 is 1.14 bits per heavy atom. The molecular formula is C23H30ClN9OS. The Kier molecular flexibility index (Phi) is 8.11. The summed E-state index contributed by atoms with van der Waals surface area (Å²) in [5.41, 5.74) is 1.49. The fraction of sp³-hybridized carbons (Fsp3) is 0.435. The maximum atomic E-state index is 12.7. The van der Waals surface area contributed by atoms with Gasteiger partial charge in [0.25, 0.3) is 5.91 Å². The fourth-order valence-corrected chi connectivity index (χ4v) is 4.65. The average Bonchev–Trinajstić information content (AvgIpc) is 3.28. The van der Waals surface area contributed by atoms with E-state index in [0.717, 1.165) is 44.8 Å². The van der Waals surface area contributed by atoms with Gasteiger partial charge in [0.15, 0.2) is 5.13 Å². The number of hydrogen-bond acceptors (Lipinski definition) is 10. The van der Waals surface area contributed by atoms with Crippen LogP contribution < -0.4 is 15.5 Å². The Hall–Kier alpha value is -2.86. The van der Waals surface area contributed by atoms with Gasteiger partial charge in [-0.3, -0.25) is 15.0 Å². The summed E-state index contributed by atoms with van der Waals surface area (Å²) in [6.07, 6.45) is 1.52. The summed E-state index contributed by atoms with van der Waals surface area (Å²) in [6, 6.07) is 5.48. The number of piperazine rings is 1. The van der Waals surface area contributed by atoms with Gasteiger partial charge in [-0.25, -0.2) is 4.98 Å². The summed E-state index contributed by atoms with van der Waals surface area (Å²) >= 11 is 7.45. The molecule has 3 aromatic rings. The van der Waals surface area contributed by atoms with Crippen molar-refractivity contribution in [2.75, 3.05) is 68.9 Å². The zero-order chi connectivity index (χ0) is 24.9. The highest BCUT2D eigenvalue weighted by Gasteiger charge is 2.20. The number of thiazole rings is 1. The number of rotatable bonds is 8. The zero-order valence-corrected chi connectivity index (χ0v) is 21.9. The molecule has 35 heavy (non-hydrogen) atoms. The maximum absolute atomic E-state index is 12.7. The molecule has 0 radical (unpaired) electrons. The van der Waals surface area contributed by atoms with E-state index in [-0.39, 0.29) is 5.91 Å². The van der Waals surface area contributed by atoms with Crippen LogP contribution in [0.2, 0.25) is 5.02 Å². The van der Waals surface area contributed by atoms with Gasteiger partial charge >= 0.3 is 0 Å². The number of para-hydroxylation sites is 1. The molecular weight excluding hydrogens is 486 g/mol. The van der Waals surface area contributed by atoms with Crippen molar-refractivity contribution in [3.8, 4) is 0 Å². The molecule has 1 aliphatic rings. The van der Waals surface area contributed by atoms with Crippen molar-refractivity contribution in [2.24, 2.45) is 0 Å². The highest BCUT2D eigenvalue weighted by Crippen LogP contribution is 2.28. The molecule has 186 valence electrons. The number of amides is 1. The van der Waals surface area contributed by atoms with Gasteiger partial charge in [-0.2, -0.15) is 15.0 Å². The number of carbonyl (C=O) groups is 1. The van der Waals surface area contributed by atoms with E-state index in [2.05, 4.69) is 59.4 Å². The van der Waals surface area contributed by atoms with Gasteiger partial charge in [-0.15, -0.1) is 0 Å². The monoisotopic (exact) mass is 515 g/mol. The Balaban J connectivity index is 1.39. The molecule has 12 heteroatoms. The van der Waals surface area contributed by atoms with Gasteiger partial charge in [0.2, 0.25) is 11.9 Å². The minimum atomic E-state index is -0.272. The molecule has 10 nitrogen and oxygen atoms in total. The summed E-state index contributed by atoms with van der Waals surface area (Å²) < 4.78 is 0. The van der Waals surface area contributed by atoms with Crippen molar-refractivity contribution in [3.05, 3.63) is 45.7 Å². The summed E-state index contributed by atoms with van der Waals surface area (Å²) in [7, 11) is 4.19. The molecule has 0 atom stereocenters. The second-order valence-electron chi connectivity index (χ2n) is 8.68. The third-order valence-corrected chi connectivity index (χ3v) is 6.89. The van der Waals surface area contributed by atoms with E-state index in [4.69, 9.17) is 11.6 Å². The van der Waals surface area contributed by atoms with E-state index in [1.165, 1.54) is 17.5 Å². The molecule has 2 N–H and O–H groups in total. The Morgan fingerprint density at radius 2 is 1.91 bits per heavy atom. The topological polar surface area (TPSA) is 102 Å². The number of nitrogens with zero attached hydrogens (tertiary/aromatic N) is 7. The predicted octanol–water partition coefficient (Wildman–Crippen LogP) is 3.28. The molecule has 1 aromatic carbocycles. The highest BCUT2D eigenvalue weighted by molar-refractivity contribution is 7.17. The summed E-state index contributed by atoms with van der Waals surface area (Å²) in [5.74, 6) is 1.41. The number of aryl methyl sites for hydroxylation is 2. The van der Waals surface area contributed by atoms with E-state index >= 15 is 0 Å². The van der Waals surface area contributed by atoms with Crippen LogP contribution in [0.15, 0.2) is 24.4 Å².